The first-order valence-corrected chi connectivity index (χ1v) is 8.02. The molecule has 8 heteroatoms. The topological polar surface area (TPSA) is 81.2 Å². The minimum atomic E-state index is -0.494. The molecule has 0 aliphatic carbocycles. The van der Waals surface area contributed by atoms with Gasteiger partial charge in [-0.1, -0.05) is 17.8 Å². The molecule has 0 saturated heterocycles. The second-order valence-corrected chi connectivity index (χ2v) is 6.32. The van der Waals surface area contributed by atoms with E-state index in [4.69, 9.17) is 8.83 Å². The van der Waals surface area contributed by atoms with Gasteiger partial charge in [0.05, 0.1) is 17.1 Å². The molecule has 0 spiro atoms. The molecule has 0 bridgehead atoms. The molecule has 0 aliphatic rings. The van der Waals surface area contributed by atoms with Crippen LogP contribution < -0.4 is 5.32 Å². The van der Waals surface area contributed by atoms with E-state index in [1.165, 1.54) is 24.5 Å². The molecule has 0 radical (unpaired) electrons. The lowest BCUT2D eigenvalue weighted by Crippen LogP contribution is -2.22. The van der Waals surface area contributed by atoms with Crippen molar-refractivity contribution in [1.29, 1.82) is 0 Å². The normalized spacial score (nSPS) is 12.1. The lowest BCUT2D eigenvalue weighted by molar-refractivity contribution is -0.115. The van der Waals surface area contributed by atoms with Crippen molar-refractivity contribution in [1.82, 2.24) is 10.2 Å². The molecule has 0 aliphatic heterocycles. The fourth-order valence-electron chi connectivity index (χ4n) is 1.99. The van der Waals surface area contributed by atoms with Crippen molar-refractivity contribution < 1.29 is 18.0 Å². The highest BCUT2D eigenvalue weighted by molar-refractivity contribution is 8.00. The number of hydrogen-bond donors (Lipinski definition) is 1. The average molecular weight is 347 g/mol. The summed E-state index contributed by atoms with van der Waals surface area (Å²) in [6.45, 7) is 3.49. The number of furan rings is 1. The van der Waals surface area contributed by atoms with Gasteiger partial charge in [0.1, 0.15) is 11.6 Å². The number of nitrogens with zero attached hydrogens (tertiary/aromatic N) is 2. The Bertz CT molecular complexity index is 862. The van der Waals surface area contributed by atoms with E-state index in [0.29, 0.717) is 22.9 Å². The largest absolute Gasteiger partial charge is 0.469 e. The van der Waals surface area contributed by atoms with Gasteiger partial charge in [-0.05, 0) is 38.1 Å². The highest BCUT2D eigenvalue weighted by atomic mass is 32.2. The van der Waals surface area contributed by atoms with Gasteiger partial charge in [-0.15, -0.1) is 10.2 Å². The number of aryl methyl sites for hydroxylation is 1. The summed E-state index contributed by atoms with van der Waals surface area (Å²) < 4.78 is 23.9. The Labute approximate surface area is 141 Å². The zero-order valence-electron chi connectivity index (χ0n) is 12.9. The predicted molar refractivity (Wildman–Crippen MR) is 87.1 cm³/mol. The predicted octanol–water partition coefficient (Wildman–Crippen LogP) is 3.90. The van der Waals surface area contributed by atoms with Crippen LogP contribution in [0.2, 0.25) is 0 Å². The number of carbonyl (C=O) groups excluding carboxylic acids is 1. The molecule has 3 aromatic rings. The van der Waals surface area contributed by atoms with Crippen LogP contribution in [0.4, 0.5) is 10.1 Å². The summed E-state index contributed by atoms with van der Waals surface area (Å²) in [6, 6.07) is 7.44. The summed E-state index contributed by atoms with van der Waals surface area (Å²) in [5.41, 5.74) is 1.11. The first-order valence-electron chi connectivity index (χ1n) is 7.14. The Kier molecular flexibility index (Phi) is 4.66. The van der Waals surface area contributed by atoms with E-state index in [2.05, 4.69) is 15.5 Å². The van der Waals surface area contributed by atoms with Gasteiger partial charge in [-0.3, -0.25) is 4.79 Å². The molecule has 2 aromatic heterocycles. The van der Waals surface area contributed by atoms with Gasteiger partial charge in [0.25, 0.3) is 11.1 Å². The second-order valence-electron chi connectivity index (χ2n) is 5.02. The highest BCUT2D eigenvalue weighted by Crippen LogP contribution is 2.28. The zero-order valence-corrected chi connectivity index (χ0v) is 13.8. The Balaban J connectivity index is 1.64. The van der Waals surface area contributed by atoms with Crippen molar-refractivity contribution >= 4 is 23.4 Å². The lowest BCUT2D eigenvalue weighted by atomic mass is 10.3. The van der Waals surface area contributed by atoms with Crippen LogP contribution in [0.5, 0.6) is 0 Å². The van der Waals surface area contributed by atoms with Crippen LogP contribution in [-0.2, 0) is 4.79 Å². The van der Waals surface area contributed by atoms with Crippen LogP contribution in [0.15, 0.2) is 50.7 Å². The number of halogens is 1. The Morgan fingerprint density at radius 3 is 2.88 bits per heavy atom. The first-order chi connectivity index (χ1) is 11.5. The van der Waals surface area contributed by atoms with Gasteiger partial charge in [0, 0.05) is 5.69 Å². The quantitative estimate of drug-likeness (QED) is 0.705. The van der Waals surface area contributed by atoms with Crippen LogP contribution in [0.1, 0.15) is 12.7 Å². The van der Waals surface area contributed by atoms with Crippen LogP contribution in [0, 0.1) is 12.7 Å². The molecule has 1 amide bonds. The standard InChI is InChI=1S/C16H14FN3O3S/c1-9-13(6-7-22-9)15-19-20-16(23-15)24-10(2)14(21)18-12-5-3-4-11(17)8-12/h3-8,10H,1-2H3,(H,18,21)/t10-/m0/s1. The number of anilines is 1. The van der Waals surface area contributed by atoms with Crippen LogP contribution in [-0.4, -0.2) is 21.4 Å². The molecule has 24 heavy (non-hydrogen) atoms. The van der Waals surface area contributed by atoms with Gasteiger partial charge in [0.15, 0.2) is 0 Å². The van der Waals surface area contributed by atoms with Crippen molar-refractivity contribution in [3.63, 3.8) is 0 Å². The van der Waals surface area contributed by atoms with E-state index in [1.807, 2.05) is 0 Å². The van der Waals surface area contributed by atoms with Crippen LogP contribution in [0.3, 0.4) is 0 Å². The van der Waals surface area contributed by atoms with E-state index in [0.717, 1.165) is 11.8 Å². The Hall–Kier alpha value is -2.61. The minimum Gasteiger partial charge on any atom is -0.469 e. The van der Waals surface area contributed by atoms with E-state index in [9.17, 15) is 9.18 Å². The molecule has 0 unspecified atom stereocenters. The fourth-order valence-corrected chi connectivity index (χ4v) is 2.67. The third kappa shape index (κ3) is 3.65. The molecule has 3 rings (SSSR count). The van der Waals surface area contributed by atoms with Gasteiger partial charge in [-0.25, -0.2) is 4.39 Å². The zero-order chi connectivity index (χ0) is 17.1. The summed E-state index contributed by atoms with van der Waals surface area (Å²) in [6.07, 6.45) is 1.54. The average Bonchev–Trinajstić information content (AvgIpc) is 3.16. The van der Waals surface area contributed by atoms with E-state index < -0.39 is 11.1 Å². The molecule has 2 heterocycles. The summed E-state index contributed by atoms with van der Waals surface area (Å²) in [5.74, 6) is 0.309. The minimum absolute atomic E-state index is 0.271. The summed E-state index contributed by atoms with van der Waals surface area (Å²) >= 11 is 1.12. The van der Waals surface area contributed by atoms with Crippen LogP contribution >= 0.6 is 11.8 Å². The number of aromatic nitrogens is 2. The lowest BCUT2D eigenvalue weighted by Gasteiger charge is -2.09. The molecule has 1 aromatic carbocycles. The number of hydrogen-bond acceptors (Lipinski definition) is 6. The maximum Gasteiger partial charge on any atom is 0.277 e. The SMILES string of the molecule is Cc1occc1-c1nnc(S[C@@H](C)C(=O)Nc2cccc(F)c2)o1. The van der Waals surface area contributed by atoms with Crippen molar-refractivity contribution in [2.24, 2.45) is 0 Å². The summed E-state index contributed by atoms with van der Waals surface area (Å²) in [7, 11) is 0. The molecule has 124 valence electrons. The van der Waals surface area contributed by atoms with Gasteiger partial charge < -0.3 is 14.2 Å². The van der Waals surface area contributed by atoms with E-state index in [1.54, 1.807) is 26.0 Å². The van der Waals surface area contributed by atoms with Gasteiger partial charge in [0.2, 0.25) is 5.91 Å². The van der Waals surface area contributed by atoms with Gasteiger partial charge in [-0.2, -0.15) is 0 Å². The number of amides is 1. The maximum atomic E-state index is 13.1. The highest BCUT2D eigenvalue weighted by Gasteiger charge is 2.20. The van der Waals surface area contributed by atoms with Crippen molar-refractivity contribution in [2.45, 2.75) is 24.3 Å². The maximum absolute atomic E-state index is 13.1. The molecule has 1 N–H and O–H groups in total. The monoisotopic (exact) mass is 347 g/mol. The number of benzene rings is 1. The molecular formula is C16H14FN3O3S. The summed E-state index contributed by atoms with van der Waals surface area (Å²) in [5, 5.41) is 10.3. The smallest absolute Gasteiger partial charge is 0.277 e. The van der Waals surface area contributed by atoms with E-state index >= 15 is 0 Å². The number of rotatable bonds is 5. The van der Waals surface area contributed by atoms with E-state index in [-0.39, 0.29) is 11.1 Å². The van der Waals surface area contributed by atoms with Crippen molar-refractivity contribution in [2.75, 3.05) is 5.32 Å². The Morgan fingerprint density at radius 1 is 1.33 bits per heavy atom. The molecule has 1 atom stereocenters. The van der Waals surface area contributed by atoms with Crippen molar-refractivity contribution in [3.8, 4) is 11.5 Å². The second kappa shape index (κ2) is 6.88. The third-order valence-corrected chi connectivity index (χ3v) is 4.17. The fraction of sp³-hybridized carbons (Fsp3) is 0.188. The van der Waals surface area contributed by atoms with Gasteiger partial charge >= 0.3 is 0 Å². The van der Waals surface area contributed by atoms with Crippen molar-refractivity contribution in [3.05, 3.63) is 48.2 Å². The van der Waals surface area contributed by atoms with Crippen LogP contribution in [0.25, 0.3) is 11.5 Å². The Morgan fingerprint density at radius 2 is 2.17 bits per heavy atom. The molecular weight excluding hydrogens is 333 g/mol. The number of thioether (sulfide) groups is 1. The number of nitrogens with one attached hydrogen (secondary N) is 1. The first kappa shape index (κ1) is 16.3. The molecule has 0 fully saturated rings. The summed E-state index contributed by atoms with van der Waals surface area (Å²) in [4.78, 5) is 12.2. The number of carbonyl (C=O) groups is 1. The molecule has 0 saturated carbocycles. The third-order valence-electron chi connectivity index (χ3n) is 3.23. The molecule has 6 nitrogen and oxygen atoms in total.